The molecule has 3 heteroatoms. The van der Waals surface area contributed by atoms with Crippen molar-refractivity contribution in [2.24, 2.45) is 0 Å². The molecule has 0 N–H and O–H groups in total. The van der Waals surface area contributed by atoms with E-state index in [1.54, 1.807) is 6.20 Å². The largest absolute Gasteiger partial charge is 0.433 e. The Balaban J connectivity index is 2.85. The first kappa shape index (κ1) is 6.62. The van der Waals surface area contributed by atoms with E-state index in [0.717, 1.165) is 5.76 Å². The number of hydrogen-bond acceptors (Lipinski definition) is 2. The Morgan fingerprint density at radius 1 is 1.67 bits per heavy atom. The lowest BCUT2D eigenvalue weighted by Crippen LogP contribution is -1.79. The highest BCUT2D eigenvalue weighted by Crippen LogP contribution is 2.17. The molecule has 0 bridgehead atoms. The van der Waals surface area contributed by atoms with Crippen molar-refractivity contribution < 1.29 is 4.42 Å². The van der Waals surface area contributed by atoms with Gasteiger partial charge in [-0.2, -0.15) is 0 Å². The first-order valence-corrected chi connectivity index (χ1v) is 3.19. The first-order valence-electron chi connectivity index (χ1n) is 2.81. The standard InChI is InChI=1S/C6H8ClNO/c1-4(2)5-3-8-6(7)9-5/h3-4H,1-2H3. The zero-order valence-electron chi connectivity index (χ0n) is 5.39. The van der Waals surface area contributed by atoms with Gasteiger partial charge in [0.2, 0.25) is 0 Å². The summed E-state index contributed by atoms with van der Waals surface area (Å²) in [5, 5.41) is 0.221. The van der Waals surface area contributed by atoms with Crippen molar-refractivity contribution in [3.63, 3.8) is 0 Å². The van der Waals surface area contributed by atoms with Crippen molar-refractivity contribution in [3.8, 4) is 0 Å². The number of rotatable bonds is 1. The van der Waals surface area contributed by atoms with Gasteiger partial charge < -0.3 is 4.42 Å². The van der Waals surface area contributed by atoms with E-state index in [4.69, 9.17) is 16.0 Å². The van der Waals surface area contributed by atoms with E-state index in [9.17, 15) is 0 Å². The van der Waals surface area contributed by atoms with E-state index in [2.05, 4.69) is 4.98 Å². The van der Waals surface area contributed by atoms with E-state index in [-0.39, 0.29) is 5.35 Å². The molecule has 1 aromatic rings. The van der Waals surface area contributed by atoms with Crippen molar-refractivity contribution >= 4 is 11.6 Å². The molecular weight excluding hydrogens is 138 g/mol. The molecule has 0 spiro atoms. The van der Waals surface area contributed by atoms with Gasteiger partial charge in [-0.25, -0.2) is 4.98 Å². The lowest BCUT2D eigenvalue weighted by Gasteiger charge is -1.93. The number of aromatic nitrogens is 1. The zero-order chi connectivity index (χ0) is 6.85. The topological polar surface area (TPSA) is 26.0 Å². The van der Waals surface area contributed by atoms with Crippen LogP contribution in [0, 0.1) is 0 Å². The lowest BCUT2D eigenvalue weighted by atomic mass is 10.2. The average Bonchev–Trinajstić information content (AvgIpc) is 2.14. The lowest BCUT2D eigenvalue weighted by molar-refractivity contribution is 0.484. The Kier molecular flexibility index (Phi) is 1.76. The molecule has 0 aromatic carbocycles. The van der Waals surface area contributed by atoms with Crippen LogP contribution in [0.25, 0.3) is 0 Å². The van der Waals surface area contributed by atoms with Gasteiger partial charge in [0.1, 0.15) is 5.76 Å². The van der Waals surface area contributed by atoms with Crippen LogP contribution >= 0.6 is 11.6 Å². The molecule has 1 rings (SSSR count). The zero-order valence-corrected chi connectivity index (χ0v) is 6.14. The molecule has 0 aliphatic rings. The highest BCUT2D eigenvalue weighted by molar-refractivity contribution is 6.27. The molecule has 50 valence electrons. The summed E-state index contributed by atoms with van der Waals surface area (Å²) in [7, 11) is 0. The molecule has 0 atom stereocenters. The van der Waals surface area contributed by atoms with Crippen LogP contribution in [0.5, 0.6) is 0 Å². The van der Waals surface area contributed by atoms with Crippen molar-refractivity contribution in [1.82, 2.24) is 4.98 Å². The Morgan fingerprint density at radius 2 is 2.33 bits per heavy atom. The van der Waals surface area contributed by atoms with Crippen molar-refractivity contribution in [3.05, 3.63) is 17.3 Å². The smallest absolute Gasteiger partial charge is 0.292 e. The van der Waals surface area contributed by atoms with Crippen molar-refractivity contribution in [2.75, 3.05) is 0 Å². The van der Waals surface area contributed by atoms with Gasteiger partial charge in [0, 0.05) is 5.92 Å². The molecule has 1 aromatic heterocycles. The Hall–Kier alpha value is -0.500. The SMILES string of the molecule is CC(C)c1cnc(Cl)o1. The number of nitrogens with zero attached hydrogens (tertiary/aromatic N) is 1. The Bertz CT molecular complexity index is 195. The minimum absolute atomic E-state index is 0.221. The van der Waals surface area contributed by atoms with Gasteiger partial charge in [-0.3, -0.25) is 0 Å². The van der Waals surface area contributed by atoms with Gasteiger partial charge >= 0.3 is 0 Å². The third-order valence-corrected chi connectivity index (χ3v) is 1.24. The van der Waals surface area contributed by atoms with Gasteiger partial charge in [0.15, 0.2) is 0 Å². The quantitative estimate of drug-likeness (QED) is 0.607. The highest BCUT2D eigenvalue weighted by atomic mass is 35.5. The van der Waals surface area contributed by atoms with Crippen LogP contribution in [-0.2, 0) is 0 Å². The molecule has 0 saturated carbocycles. The molecule has 2 nitrogen and oxygen atoms in total. The van der Waals surface area contributed by atoms with Gasteiger partial charge in [0.25, 0.3) is 5.35 Å². The fraction of sp³-hybridized carbons (Fsp3) is 0.500. The third kappa shape index (κ3) is 1.45. The molecule has 0 fully saturated rings. The van der Waals surface area contributed by atoms with E-state index < -0.39 is 0 Å². The fourth-order valence-electron chi connectivity index (χ4n) is 0.531. The number of halogens is 1. The first-order chi connectivity index (χ1) is 4.20. The van der Waals surface area contributed by atoms with Gasteiger partial charge in [-0.15, -0.1) is 0 Å². The number of oxazole rings is 1. The second-order valence-electron chi connectivity index (χ2n) is 2.17. The summed E-state index contributed by atoms with van der Waals surface area (Å²) in [5.41, 5.74) is 0. The Morgan fingerprint density at radius 3 is 2.56 bits per heavy atom. The maximum Gasteiger partial charge on any atom is 0.292 e. The second-order valence-corrected chi connectivity index (χ2v) is 2.49. The third-order valence-electron chi connectivity index (χ3n) is 1.06. The van der Waals surface area contributed by atoms with Crippen LogP contribution < -0.4 is 0 Å². The molecule has 9 heavy (non-hydrogen) atoms. The molecule has 1 heterocycles. The van der Waals surface area contributed by atoms with E-state index in [1.807, 2.05) is 13.8 Å². The summed E-state index contributed by atoms with van der Waals surface area (Å²) in [6.07, 6.45) is 1.65. The number of hydrogen-bond donors (Lipinski definition) is 0. The summed E-state index contributed by atoms with van der Waals surface area (Å²) < 4.78 is 5.00. The summed E-state index contributed by atoms with van der Waals surface area (Å²) in [4.78, 5) is 3.74. The monoisotopic (exact) mass is 145 g/mol. The van der Waals surface area contributed by atoms with Crippen LogP contribution in [0.2, 0.25) is 5.35 Å². The van der Waals surface area contributed by atoms with E-state index >= 15 is 0 Å². The molecule has 0 aliphatic heterocycles. The van der Waals surface area contributed by atoms with Crippen LogP contribution in [-0.4, -0.2) is 4.98 Å². The molecule has 0 radical (unpaired) electrons. The molecule has 0 saturated heterocycles. The van der Waals surface area contributed by atoms with E-state index in [1.165, 1.54) is 0 Å². The summed E-state index contributed by atoms with van der Waals surface area (Å²) >= 11 is 5.43. The summed E-state index contributed by atoms with van der Waals surface area (Å²) in [6, 6.07) is 0. The molecule has 0 unspecified atom stereocenters. The fourth-order valence-corrected chi connectivity index (χ4v) is 0.669. The minimum atomic E-state index is 0.221. The van der Waals surface area contributed by atoms with Crippen LogP contribution in [0.1, 0.15) is 25.5 Å². The van der Waals surface area contributed by atoms with Crippen molar-refractivity contribution in [1.29, 1.82) is 0 Å². The van der Waals surface area contributed by atoms with E-state index in [0.29, 0.717) is 5.92 Å². The summed E-state index contributed by atoms with van der Waals surface area (Å²) in [5.74, 6) is 1.20. The van der Waals surface area contributed by atoms with Crippen LogP contribution in [0.15, 0.2) is 10.6 Å². The van der Waals surface area contributed by atoms with Gasteiger partial charge in [-0.05, 0) is 11.6 Å². The normalized spacial score (nSPS) is 10.7. The van der Waals surface area contributed by atoms with Gasteiger partial charge in [0.05, 0.1) is 6.20 Å². The molecular formula is C6H8ClNO. The molecule has 0 amide bonds. The summed E-state index contributed by atoms with van der Waals surface area (Å²) in [6.45, 7) is 4.05. The maximum atomic E-state index is 5.43. The highest BCUT2D eigenvalue weighted by Gasteiger charge is 2.03. The minimum Gasteiger partial charge on any atom is -0.433 e. The van der Waals surface area contributed by atoms with Crippen LogP contribution in [0.3, 0.4) is 0 Å². The molecule has 0 aliphatic carbocycles. The second kappa shape index (κ2) is 2.40. The maximum absolute atomic E-state index is 5.43. The Labute approximate surface area is 58.8 Å². The average molecular weight is 146 g/mol. The van der Waals surface area contributed by atoms with Crippen LogP contribution in [0.4, 0.5) is 0 Å². The predicted molar refractivity (Wildman–Crippen MR) is 35.6 cm³/mol. The predicted octanol–water partition coefficient (Wildman–Crippen LogP) is 2.45. The van der Waals surface area contributed by atoms with Crippen molar-refractivity contribution in [2.45, 2.75) is 19.8 Å². The van der Waals surface area contributed by atoms with Gasteiger partial charge in [-0.1, -0.05) is 13.8 Å².